The van der Waals surface area contributed by atoms with Crippen LogP contribution in [-0.4, -0.2) is 22.2 Å². The van der Waals surface area contributed by atoms with Gasteiger partial charge in [0.25, 0.3) is 0 Å². The molecule has 0 aromatic heterocycles. The van der Waals surface area contributed by atoms with E-state index in [4.69, 9.17) is 10.2 Å². The summed E-state index contributed by atoms with van der Waals surface area (Å²) < 4.78 is 0. The van der Waals surface area contributed by atoms with Crippen molar-refractivity contribution in [3.05, 3.63) is 12.2 Å². The van der Waals surface area contributed by atoms with Crippen molar-refractivity contribution < 1.29 is 19.8 Å². The zero-order valence-electron chi connectivity index (χ0n) is 7.73. The Balaban J connectivity index is 4.37. The van der Waals surface area contributed by atoms with Gasteiger partial charge in [-0.2, -0.15) is 0 Å². The highest BCUT2D eigenvalue weighted by atomic mass is 16.4. The smallest absolute Gasteiger partial charge is 0.318 e. The van der Waals surface area contributed by atoms with E-state index >= 15 is 0 Å². The van der Waals surface area contributed by atoms with E-state index in [1.807, 2.05) is 6.92 Å². The molecule has 0 saturated carbocycles. The second-order valence-corrected chi connectivity index (χ2v) is 2.94. The van der Waals surface area contributed by atoms with E-state index in [1.54, 1.807) is 19.1 Å². The van der Waals surface area contributed by atoms with Gasteiger partial charge in [0.1, 0.15) is 0 Å². The number of hydrogen-bond donors (Lipinski definition) is 2. The Kier molecular flexibility index (Phi) is 4.80. The number of allylic oxidation sites excluding steroid dienone is 2. The van der Waals surface area contributed by atoms with Crippen LogP contribution in [0.3, 0.4) is 0 Å². The quantitative estimate of drug-likeness (QED) is 0.502. The zero-order chi connectivity index (χ0) is 10.4. The molecule has 74 valence electrons. The summed E-state index contributed by atoms with van der Waals surface area (Å²) in [6.07, 6.45) is 4.01. The fraction of sp³-hybridized carbons (Fsp3) is 0.556. The van der Waals surface area contributed by atoms with Crippen LogP contribution in [0.15, 0.2) is 12.2 Å². The molecule has 0 aliphatic heterocycles. The average Bonchev–Trinajstić information content (AvgIpc) is 1.99. The lowest BCUT2D eigenvalue weighted by Gasteiger charge is -2.13. The molecule has 0 aromatic carbocycles. The van der Waals surface area contributed by atoms with Crippen LogP contribution in [0.1, 0.15) is 20.3 Å². The van der Waals surface area contributed by atoms with E-state index in [9.17, 15) is 9.59 Å². The van der Waals surface area contributed by atoms with Crippen molar-refractivity contribution in [2.75, 3.05) is 0 Å². The molecule has 0 amide bonds. The van der Waals surface area contributed by atoms with Gasteiger partial charge in [-0.15, -0.1) is 0 Å². The number of rotatable bonds is 5. The van der Waals surface area contributed by atoms with Crippen molar-refractivity contribution in [1.29, 1.82) is 0 Å². The lowest BCUT2D eigenvalue weighted by atomic mass is 9.91. The monoisotopic (exact) mass is 186 g/mol. The van der Waals surface area contributed by atoms with Crippen molar-refractivity contribution in [1.82, 2.24) is 0 Å². The Bertz CT molecular complexity index is 206. The van der Waals surface area contributed by atoms with Crippen molar-refractivity contribution >= 4 is 11.9 Å². The summed E-state index contributed by atoms with van der Waals surface area (Å²) >= 11 is 0. The first-order chi connectivity index (χ1) is 6.00. The standard InChI is InChI=1S/C9H14O4/c1-3-4-5-6(2)7(8(10)11)9(12)13/h3-4,6-7H,5H2,1-2H3,(H,10,11)(H,12,13)/b4-3+. The summed E-state index contributed by atoms with van der Waals surface area (Å²) in [4.78, 5) is 21.1. The van der Waals surface area contributed by atoms with Crippen LogP contribution in [0, 0.1) is 11.8 Å². The summed E-state index contributed by atoms with van der Waals surface area (Å²) in [5.41, 5.74) is 0. The SMILES string of the molecule is C/C=C/CC(C)C(C(=O)O)C(=O)O. The zero-order valence-corrected chi connectivity index (χ0v) is 7.73. The van der Waals surface area contributed by atoms with Crippen LogP contribution >= 0.6 is 0 Å². The average molecular weight is 186 g/mol. The molecule has 0 heterocycles. The molecule has 13 heavy (non-hydrogen) atoms. The normalized spacial score (nSPS) is 13.5. The molecule has 0 fully saturated rings. The highest BCUT2D eigenvalue weighted by Crippen LogP contribution is 2.16. The van der Waals surface area contributed by atoms with Gasteiger partial charge >= 0.3 is 11.9 Å². The van der Waals surface area contributed by atoms with Gasteiger partial charge < -0.3 is 10.2 Å². The maximum Gasteiger partial charge on any atom is 0.318 e. The highest BCUT2D eigenvalue weighted by molar-refractivity contribution is 5.93. The summed E-state index contributed by atoms with van der Waals surface area (Å²) in [5, 5.41) is 17.2. The van der Waals surface area contributed by atoms with Gasteiger partial charge in [-0.3, -0.25) is 9.59 Å². The molecule has 1 unspecified atom stereocenters. The van der Waals surface area contributed by atoms with Gasteiger partial charge in [0.2, 0.25) is 0 Å². The molecular formula is C9H14O4. The van der Waals surface area contributed by atoms with Crippen molar-refractivity contribution in [3.8, 4) is 0 Å². The third-order valence-corrected chi connectivity index (χ3v) is 1.84. The molecule has 0 aromatic rings. The molecule has 4 heteroatoms. The summed E-state index contributed by atoms with van der Waals surface area (Å²) in [5.74, 6) is -4.24. The summed E-state index contributed by atoms with van der Waals surface area (Å²) in [6.45, 7) is 3.43. The van der Waals surface area contributed by atoms with Gasteiger partial charge in [-0.05, 0) is 19.3 Å². The number of carboxylic acid groups (broad SMARTS) is 2. The molecule has 1 atom stereocenters. The van der Waals surface area contributed by atoms with E-state index in [0.717, 1.165) is 0 Å². The first-order valence-electron chi connectivity index (χ1n) is 4.07. The van der Waals surface area contributed by atoms with Gasteiger partial charge in [0.05, 0.1) is 0 Å². The summed E-state index contributed by atoms with van der Waals surface area (Å²) in [7, 11) is 0. The molecule has 0 aliphatic rings. The number of carbonyl (C=O) groups is 2. The summed E-state index contributed by atoms with van der Waals surface area (Å²) in [6, 6.07) is 0. The molecule has 0 rings (SSSR count). The van der Waals surface area contributed by atoms with E-state index in [0.29, 0.717) is 6.42 Å². The number of hydrogen-bond acceptors (Lipinski definition) is 2. The van der Waals surface area contributed by atoms with Crippen LogP contribution in [0.25, 0.3) is 0 Å². The van der Waals surface area contributed by atoms with Crippen LogP contribution in [0.2, 0.25) is 0 Å². The molecule has 2 N–H and O–H groups in total. The van der Waals surface area contributed by atoms with Gasteiger partial charge in [-0.1, -0.05) is 19.1 Å². The van der Waals surface area contributed by atoms with Crippen LogP contribution < -0.4 is 0 Å². The second-order valence-electron chi connectivity index (χ2n) is 2.94. The minimum Gasteiger partial charge on any atom is -0.481 e. The second kappa shape index (κ2) is 5.35. The topological polar surface area (TPSA) is 74.6 Å². The Morgan fingerprint density at radius 3 is 2.08 bits per heavy atom. The molecular weight excluding hydrogens is 172 g/mol. The fourth-order valence-electron chi connectivity index (χ4n) is 1.08. The van der Waals surface area contributed by atoms with E-state index < -0.39 is 17.9 Å². The Morgan fingerprint density at radius 2 is 1.77 bits per heavy atom. The lowest BCUT2D eigenvalue weighted by molar-refractivity contribution is -0.156. The minimum absolute atomic E-state index is 0.383. The highest BCUT2D eigenvalue weighted by Gasteiger charge is 2.30. The number of aliphatic carboxylic acids is 2. The van der Waals surface area contributed by atoms with Crippen LogP contribution in [0.5, 0.6) is 0 Å². The first-order valence-corrected chi connectivity index (χ1v) is 4.07. The van der Waals surface area contributed by atoms with E-state index in [1.165, 1.54) is 0 Å². The predicted octanol–water partition coefficient (Wildman–Crippen LogP) is 1.37. The van der Waals surface area contributed by atoms with Crippen LogP contribution in [-0.2, 0) is 9.59 Å². The minimum atomic E-state index is -1.31. The predicted molar refractivity (Wildman–Crippen MR) is 47.4 cm³/mol. The molecule has 0 radical (unpaired) electrons. The van der Waals surface area contributed by atoms with Crippen molar-refractivity contribution in [2.24, 2.45) is 11.8 Å². The maximum absolute atomic E-state index is 10.5. The largest absolute Gasteiger partial charge is 0.481 e. The fourth-order valence-corrected chi connectivity index (χ4v) is 1.08. The number of carboxylic acids is 2. The Labute approximate surface area is 76.9 Å². The molecule has 0 saturated heterocycles. The third-order valence-electron chi connectivity index (χ3n) is 1.84. The molecule has 4 nitrogen and oxygen atoms in total. The molecule has 0 bridgehead atoms. The Hall–Kier alpha value is -1.32. The van der Waals surface area contributed by atoms with E-state index in [2.05, 4.69) is 0 Å². The Morgan fingerprint density at radius 1 is 1.31 bits per heavy atom. The maximum atomic E-state index is 10.5. The van der Waals surface area contributed by atoms with Crippen molar-refractivity contribution in [2.45, 2.75) is 20.3 Å². The van der Waals surface area contributed by atoms with Crippen molar-refractivity contribution in [3.63, 3.8) is 0 Å². The van der Waals surface area contributed by atoms with Gasteiger partial charge in [-0.25, -0.2) is 0 Å². The lowest BCUT2D eigenvalue weighted by Crippen LogP contribution is -2.29. The van der Waals surface area contributed by atoms with Gasteiger partial charge in [0.15, 0.2) is 5.92 Å². The van der Waals surface area contributed by atoms with Crippen LogP contribution in [0.4, 0.5) is 0 Å². The third kappa shape index (κ3) is 3.73. The van der Waals surface area contributed by atoms with Gasteiger partial charge in [0, 0.05) is 0 Å². The first kappa shape index (κ1) is 11.7. The molecule has 0 aliphatic carbocycles. The van der Waals surface area contributed by atoms with E-state index in [-0.39, 0.29) is 5.92 Å². The molecule has 0 spiro atoms.